The van der Waals surface area contributed by atoms with Crippen LogP contribution in [0, 0.1) is 13.4 Å². The maximum Gasteiger partial charge on any atom is 0 e. The normalized spacial score (nSPS) is 5.62. The molecule has 0 aromatic heterocycles. The molecule has 0 saturated heterocycles. The van der Waals surface area contributed by atoms with Gasteiger partial charge in [-0.3, -0.25) is 6.26 Å². The first kappa shape index (κ1) is 25.2. The minimum Gasteiger partial charge on any atom is -0.702 e. The van der Waals surface area contributed by atoms with Crippen molar-refractivity contribution in [2.75, 3.05) is 0 Å². The monoisotopic (exact) mass is 707 g/mol. The van der Waals surface area contributed by atoms with Gasteiger partial charge in [0, 0.05) is 42.1 Å². The van der Waals surface area contributed by atoms with Gasteiger partial charge in [0.1, 0.15) is 0 Å². The van der Waals surface area contributed by atoms with E-state index < -0.39 is 0 Å². The number of aliphatic hydroxyl groups excluding tert-OH is 1. The molecule has 0 saturated carbocycles. The molecule has 0 bridgehead atoms. The Labute approximate surface area is 71.5 Å². The number of hydrogen-bond acceptors (Lipinski definition) is 2. The second-order valence-electron chi connectivity index (χ2n) is 0.414. The standard InChI is InChI=1S/C3H4O2.Rf.2W/c1-5-3-2-4;;;/h3-4H,1H2;;;/q-2;;;. The zero-order valence-electron chi connectivity index (χ0n) is 4.16. The molecule has 5 heteroatoms. The Balaban J connectivity index is -0.0000000267. The van der Waals surface area contributed by atoms with Crippen LogP contribution in [0.15, 0.2) is 6.26 Å². The van der Waals surface area contributed by atoms with E-state index in [1.807, 2.05) is 0 Å². The molecule has 0 spiro atoms. The van der Waals surface area contributed by atoms with Crippen LogP contribution in [-0.2, 0) is 46.9 Å². The van der Waals surface area contributed by atoms with Gasteiger partial charge in [0.15, 0.2) is 0 Å². The maximum absolute atomic E-state index is 7.60. The molecule has 1 N–H and O–H groups in total. The molecule has 0 unspecified atom stereocenters. The topological polar surface area (TPSA) is 29.5 Å². The van der Waals surface area contributed by atoms with E-state index in [1.165, 1.54) is 0 Å². The molecule has 0 aliphatic heterocycles. The molecule has 8 heavy (non-hydrogen) atoms. The molecular weight excluding hydrogens is 703 g/mol. The van der Waals surface area contributed by atoms with Crippen molar-refractivity contribution in [1.29, 1.82) is 0 Å². The predicted molar refractivity (Wildman–Crippen MR) is 16.9 cm³/mol. The van der Waals surface area contributed by atoms with Crippen molar-refractivity contribution in [3.05, 3.63) is 19.6 Å². The third kappa shape index (κ3) is 43.2. The quantitative estimate of drug-likeness (QED) is 0.321. The molecule has 0 heterocycles. The summed E-state index contributed by atoms with van der Waals surface area (Å²) in [6, 6.07) is 0. The van der Waals surface area contributed by atoms with E-state index in [-0.39, 0.29) is 42.1 Å². The summed E-state index contributed by atoms with van der Waals surface area (Å²) in [4.78, 5) is 0. The molecule has 0 radical (unpaired) electrons. The van der Waals surface area contributed by atoms with Crippen molar-refractivity contribution in [3.63, 3.8) is 0 Å². The number of aliphatic hydroxyl groups is 1. The first-order valence-corrected chi connectivity index (χ1v) is 1.04. The summed E-state index contributed by atoms with van der Waals surface area (Å²) in [5.74, 6) is 0. The van der Waals surface area contributed by atoms with Crippen LogP contribution in [0.5, 0.6) is 0 Å². The van der Waals surface area contributed by atoms with E-state index >= 15 is 0 Å². The van der Waals surface area contributed by atoms with Gasteiger partial charge in [0.25, 0.3) is 0 Å². The Morgan fingerprint density at radius 3 is 1.88 bits per heavy atom. The van der Waals surface area contributed by atoms with Crippen LogP contribution in [-0.4, -0.2) is 5.11 Å². The van der Waals surface area contributed by atoms with Crippen LogP contribution in [0.25, 0.3) is 0 Å². The molecule has 0 aromatic carbocycles. The molecule has 2 nitrogen and oxygen atoms in total. The summed E-state index contributed by atoms with van der Waals surface area (Å²) in [7, 11) is 2.90. The Bertz CT molecular complexity index is 42.3. The molecular formula is C3H4O2RfW2-2. The fourth-order valence-electron chi connectivity index (χ4n) is 0.0373. The van der Waals surface area contributed by atoms with Gasteiger partial charge >= 0.3 is 0 Å². The van der Waals surface area contributed by atoms with Crippen molar-refractivity contribution >= 4 is 0 Å². The van der Waals surface area contributed by atoms with E-state index in [4.69, 9.17) is 5.11 Å². The number of hydrogen-bond donors (Lipinski definition) is 1. The van der Waals surface area contributed by atoms with Crippen LogP contribution in [0.1, 0.15) is 0 Å². The Morgan fingerprint density at radius 1 is 1.50 bits per heavy atom. The van der Waals surface area contributed by atoms with E-state index in [2.05, 4.69) is 11.8 Å². The summed E-state index contributed by atoms with van der Waals surface area (Å²) < 4.78 is 3.95. The smallest absolute Gasteiger partial charge is 0 e. The number of ether oxygens (including phenoxy) is 1. The van der Waals surface area contributed by atoms with Gasteiger partial charge < -0.3 is 9.84 Å². The molecule has 0 amide bonds. The van der Waals surface area contributed by atoms with Gasteiger partial charge in [0.2, 0.25) is 0 Å². The fraction of sp³-hybridized carbons (Fsp3) is 0. The number of rotatable bonds is 1. The zero-order valence-corrected chi connectivity index (χ0v) is 16.4. The predicted octanol–water partition coefficient (Wildman–Crippen LogP) is 0.622. The van der Waals surface area contributed by atoms with Crippen LogP contribution >= 0.6 is 0 Å². The van der Waals surface area contributed by atoms with E-state index in [1.54, 1.807) is 6.26 Å². The maximum atomic E-state index is 7.60. The third-order valence-corrected chi connectivity index (χ3v) is 0.136. The van der Waals surface area contributed by atoms with E-state index in [0.29, 0.717) is 0 Å². The second-order valence-corrected chi connectivity index (χ2v) is 0.414. The molecule has 0 atom stereocenters. The molecule has 0 aliphatic rings. The minimum absolute atomic E-state index is 0. The molecule has 0 rings (SSSR count). The third-order valence-electron chi connectivity index (χ3n) is 0.136. The Kier molecular flexibility index (Phi) is 93.7. The van der Waals surface area contributed by atoms with Crippen LogP contribution in [0.2, 0.25) is 0 Å². The summed E-state index contributed by atoms with van der Waals surface area (Å²) >= 11 is 0. The van der Waals surface area contributed by atoms with Gasteiger partial charge in [-0.15, -0.1) is 6.26 Å². The summed E-state index contributed by atoms with van der Waals surface area (Å²) in [5, 5.41) is 7.60. The van der Waals surface area contributed by atoms with Crippen LogP contribution < -0.4 is 0 Å². The van der Waals surface area contributed by atoms with Gasteiger partial charge in [-0.2, -0.15) is 7.11 Å². The van der Waals surface area contributed by atoms with Crippen molar-refractivity contribution < 1.29 is 52.0 Å². The molecule has 0 fully saturated rings. The van der Waals surface area contributed by atoms with Crippen LogP contribution in [0.4, 0.5) is 0 Å². The van der Waals surface area contributed by atoms with Crippen LogP contribution in [0.3, 0.4) is 0 Å². The minimum atomic E-state index is 0. The fourth-order valence-corrected chi connectivity index (χ4v) is 0.0373. The average molecular weight is 707 g/mol. The first-order chi connectivity index (χ1) is 2.41. The average Bonchev–Trinajstić information content (AvgIpc) is 1.41. The summed E-state index contributed by atoms with van der Waals surface area (Å²) in [6.45, 7) is 0. The van der Waals surface area contributed by atoms with Gasteiger partial charge in [-0.1, -0.05) is 0 Å². The Morgan fingerprint density at radius 2 is 1.88 bits per heavy atom. The zero-order chi connectivity index (χ0) is 4.12. The second kappa shape index (κ2) is 29.7. The summed E-state index contributed by atoms with van der Waals surface area (Å²) in [5.41, 5.74) is 0. The molecule has 0 aliphatic carbocycles. The largest absolute Gasteiger partial charge is 0.702 e. The van der Waals surface area contributed by atoms with Crippen molar-refractivity contribution in [3.8, 4) is 0 Å². The van der Waals surface area contributed by atoms with E-state index in [0.717, 1.165) is 6.26 Å². The van der Waals surface area contributed by atoms with Gasteiger partial charge in [-0.05, 0) is 0 Å². The van der Waals surface area contributed by atoms with Gasteiger partial charge in [0.05, 0.1) is 0 Å². The first-order valence-electron chi connectivity index (χ1n) is 1.04. The van der Waals surface area contributed by atoms with Crippen molar-refractivity contribution in [2.24, 2.45) is 0 Å². The van der Waals surface area contributed by atoms with E-state index in [9.17, 15) is 0 Å². The molecule has 44 valence electrons. The van der Waals surface area contributed by atoms with Gasteiger partial charge in [-0.25, -0.2) is 0 Å². The SMILES string of the molecule is [CH2-]OC=[C-]O.[Rf].[W].[W]. The Hall–Kier alpha value is -0.283. The van der Waals surface area contributed by atoms with Crippen molar-refractivity contribution in [2.45, 2.75) is 0 Å². The molecule has 0 aromatic rings. The summed E-state index contributed by atoms with van der Waals surface area (Å²) in [6.07, 6.45) is 2.55. The van der Waals surface area contributed by atoms with Crippen molar-refractivity contribution in [1.82, 2.24) is 0 Å².